The van der Waals surface area contributed by atoms with Gasteiger partial charge in [0.05, 0.1) is 17.2 Å². The molecule has 0 aliphatic carbocycles. The van der Waals surface area contributed by atoms with Crippen molar-refractivity contribution in [1.82, 2.24) is 5.32 Å². The van der Waals surface area contributed by atoms with Gasteiger partial charge < -0.3 is 19.9 Å². The molecule has 0 spiro atoms. The highest BCUT2D eigenvalue weighted by Gasteiger charge is 2.14. The van der Waals surface area contributed by atoms with Gasteiger partial charge in [-0.1, -0.05) is 60.1 Å². The van der Waals surface area contributed by atoms with Crippen LogP contribution in [-0.2, 0) is 13.2 Å². The van der Waals surface area contributed by atoms with Crippen LogP contribution >= 0.6 is 39.9 Å². The Morgan fingerprint density at radius 1 is 1.03 bits per heavy atom. The van der Waals surface area contributed by atoms with Gasteiger partial charge in [0.1, 0.15) is 6.61 Å². The Balaban J connectivity index is 0.00000341. The quantitative estimate of drug-likeness (QED) is 0.324. The molecule has 0 aliphatic heterocycles. The normalized spacial score (nSPS) is 11.5. The number of halogens is 3. The van der Waals surface area contributed by atoms with Gasteiger partial charge in [-0.15, -0.1) is 12.4 Å². The third kappa shape index (κ3) is 7.41. The molecule has 7 heteroatoms. The monoisotopic (exact) mass is 525 g/mol. The van der Waals surface area contributed by atoms with E-state index < -0.39 is 6.10 Å². The summed E-state index contributed by atoms with van der Waals surface area (Å²) in [5.74, 6) is 1.31. The molecule has 2 N–H and O–H groups in total. The fourth-order valence-corrected chi connectivity index (χ4v) is 3.83. The van der Waals surface area contributed by atoms with E-state index in [1.807, 2.05) is 73.7 Å². The molecule has 0 heterocycles. The van der Waals surface area contributed by atoms with Crippen LogP contribution in [0.15, 0.2) is 71.2 Å². The third-order valence-corrected chi connectivity index (χ3v) is 5.51. The van der Waals surface area contributed by atoms with E-state index in [1.54, 1.807) is 0 Å². The number of rotatable bonds is 10. The molecule has 0 aromatic heterocycles. The number of ether oxygens (including phenoxy) is 2. The topological polar surface area (TPSA) is 50.7 Å². The van der Waals surface area contributed by atoms with Crippen molar-refractivity contribution in [2.45, 2.75) is 26.2 Å². The summed E-state index contributed by atoms with van der Waals surface area (Å²) in [5.41, 5.74) is 2.83. The predicted molar refractivity (Wildman–Crippen MR) is 131 cm³/mol. The van der Waals surface area contributed by atoms with Crippen molar-refractivity contribution in [3.05, 3.63) is 92.9 Å². The van der Waals surface area contributed by atoms with Crippen LogP contribution in [0.3, 0.4) is 0 Å². The van der Waals surface area contributed by atoms with Gasteiger partial charge in [0.25, 0.3) is 0 Å². The van der Waals surface area contributed by atoms with Gasteiger partial charge in [0, 0.05) is 23.7 Å². The van der Waals surface area contributed by atoms with Gasteiger partial charge in [0.15, 0.2) is 11.5 Å². The number of benzene rings is 3. The Bertz CT molecular complexity index is 957. The molecule has 0 saturated carbocycles. The van der Waals surface area contributed by atoms with E-state index in [-0.39, 0.29) is 12.4 Å². The zero-order chi connectivity index (χ0) is 21.3. The second-order valence-electron chi connectivity index (χ2n) is 6.78. The first kappa shape index (κ1) is 25.5. The highest BCUT2D eigenvalue weighted by atomic mass is 79.9. The molecule has 0 amide bonds. The van der Waals surface area contributed by atoms with Crippen molar-refractivity contribution in [2.24, 2.45) is 0 Å². The first-order valence-corrected chi connectivity index (χ1v) is 11.0. The molecule has 0 aliphatic rings. The van der Waals surface area contributed by atoms with Crippen LogP contribution in [0.4, 0.5) is 0 Å². The Labute approximate surface area is 203 Å². The molecule has 0 radical (unpaired) electrons. The van der Waals surface area contributed by atoms with Crippen molar-refractivity contribution in [3.8, 4) is 11.5 Å². The number of aliphatic hydroxyl groups is 1. The van der Waals surface area contributed by atoms with Gasteiger partial charge >= 0.3 is 0 Å². The summed E-state index contributed by atoms with van der Waals surface area (Å²) in [5, 5.41) is 14.3. The maximum absolute atomic E-state index is 10.3. The van der Waals surface area contributed by atoms with Crippen LogP contribution < -0.4 is 14.8 Å². The van der Waals surface area contributed by atoms with E-state index in [0.717, 1.165) is 21.2 Å². The maximum Gasteiger partial charge on any atom is 0.175 e. The van der Waals surface area contributed by atoms with Crippen LogP contribution in [0.1, 0.15) is 29.7 Å². The largest absolute Gasteiger partial charge is 0.490 e. The lowest BCUT2D eigenvalue weighted by Gasteiger charge is -2.17. The van der Waals surface area contributed by atoms with Gasteiger partial charge in [-0.3, -0.25) is 0 Å². The Hall–Kier alpha value is -1.76. The number of hydrogen-bond donors (Lipinski definition) is 2. The standard InChI is InChI=1S/C24H25BrClNO3.ClH/c1-2-29-23-13-17(14-27-15-22(28)18-8-4-3-5-9-18)12-20(25)24(23)30-16-19-10-6-7-11-21(19)26;/h3-13,22,27-28H,2,14-16H2,1H3;1H. The zero-order valence-corrected chi connectivity index (χ0v) is 20.3. The molecule has 31 heavy (non-hydrogen) atoms. The summed E-state index contributed by atoms with van der Waals surface area (Å²) in [6, 6.07) is 21.2. The van der Waals surface area contributed by atoms with Gasteiger partial charge in [-0.2, -0.15) is 0 Å². The molecule has 166 valence electrons. The van der Waals surface area contributed by atoms with Crippen molar-refractivity contribution < 1.29 is 14.6 Å². The summed E-state index contributed by atoms with van der Waals surface area (Å²) in [7, 11) is 0. The molecule has 3 aromatic rings. The SMILES string of the molecule is CCOc1cc(CNCC(O)c2ccccc2)cc(Br)c1OCc1ccccc1Cl.Cl. The van der Waals surface area contributed by atoms with E-state index in [9.17, 15) is 5.11 Å². The van der Waals surface area contributed by atoms with Crippen LogP contribution in [0.2, 0.25) is 5.02 Å². The van der Waals surface area contributed by atoms with Crippen molar-refractivity contribution in [1.29, 1.82) is 0 Å². The van der Waals surface area contributed by atoms with Crippen molar-refractivity contribution >= 4 is 39.9 Å². The third-order valence-electron chi connectivity index (χ3n) is 4.55. The zero-order valence-electron chi connectivity index (χ0n) is 17.2. The maximum atomic E-state index is 10.3. The molecule has 1 atom stereocenters. The lowest BCUT2D eigenvalue weighted by molar-refractivity contribution is 0.174. The molecule has 0 bridgehead atoms. The first-order valence-electron chi connectivity index (χ1n) is 9.83. The molecular formula is C24H26BrCl2NO3. The second-order valence-corrected chi connectivity index (χ2v) is 8.04. The molecule has 3 rings (SSSR count). The van der Waals surface area contributed by atoms with Crippen LogP contribution in [0.5, 0.6) is 11.5 Å². The molecule has 3 aromatic carbocycles. The fraction of sp³-hybridized carbons (Fsp3) is 0.250. The molecule has 0 saturated heterocycles. The van der Waals surface area contributed by atoms with E-state index in [4.69, 9.17) is 21.1 Å². The number of aliphatic hydroxyl groups excluding tert-OH is 1. The molecular weight excluding hydrogens is 501 g/mol. The number of nitrogens with one attached hydrogen (secondary N) is 1. The van der Waals surface area contributed by atoms with E-state index in [1.165, 1.54) is 0 Å². The summed E-state index contributed by atoms with van der Waals surface area (Å²) in [6.07, 6.45) is -0.556. The second kappa shape index (κ2) is 12.9. The van der Waals surface area contributed by atoms with E-state index in [0.29, 0.717) is 42.8 Å². The Morgan fingerprint density at radius 3 is 2.45 bits per heavy atom. The Morgan fingerprint density at radius 2 is 1.74 bits per heavy atom. The summed E-state index contributed by atoms with van der Waals surface area (Å²) >= 11 is 9.83. The van der Waals surface area contributed by atoms with Crippen molar-refractivity contribution in [2.75, 3.05) is 13.2 Å². The molecule has 4 nitrogen and oxygen atoms in total. The minimum Gasteiger partial charge on any atom is -0.490 e. The number of hydrogen-bond acceptors (Lipinski definition) is 4. The molecule has 0 fully saturated rings. The Kier molecular flexibility index (Phi) is 10.6. The lowest BCUT2D eigenvalue weighted by atomic mass is 10.1. The van der Waals surface area contributed by atoms with Gasteiger partial charge in [-0.05, 0) is 52.2 Å². The van der Waals surface area contributed by atoms with Crippen molar-refractivity contribution in [3.63, 3.8) is 0 Å². The minimum absolute atomic E-state index is 0. The van der Waals surface area contributed by atoms with Gasteiger partial charge in [0.2, 0.25) is 0 Å². The predicted octanol–water partition coefficient (Wildman–Crippen LogP) is 6.33. The average molecular weight is 527 g/mol. The smallest absolute Gasteiger partial charge is 0.175 e. The highest BCUT2D eigenvalue weighted by molar-refractivity contribution is 9.10. The highest BCUT2D eigenvalue weighted by Crippen LogP contribution is 2.37. The van der Waals surface area contributed by atoms with Crippen LogP contribution in [-0.4, -0.2) is 18.3 Å². The minimum atomic E-state index is -0.556. The van der Waals surface area contributed by atoms with Crippen LogP contribution in [0.25, 0.3) is 0 Å². The van der Waals surface area contributed by atoms with E-state index in [2.05, 4.69) is 21.2 Å². The van der Waals surface area contributed by atoms with Gasteiger partial charge in [-0.25, -0.2) is 0 Å². The fourth-order valence-electron chi connectivity index (χ4n) is 3.04. The first-order chi connectivity index (χ1) is 14.6. The summed E-state index contributed by atoms with van der Waals surface area (Å²) in [6.45, 7) is 3.86. The summed E-state index contributed by atoms with van der Waals surface area (Å²) in [4.78, 5) is 0. The lowest BCUT2D eigenvalue weighted by Crippen LogP contribution is -2.21. The molecule has 1 unspecified atom stereocenters. The summed E-state index contributed by atoms with van der Waals surface area (Å²) < 4.78 is 12.6. The van der Waals surface area contributed by atoms with Crippen LogP contribution in [0, 0.1) is 0 Å². The average Bonchev–Trinajstić information content (AvgIpc) is 2.75. The van der Waals surface area contributed by atoms with E-state index >= 15 is 0 Å².